The molecule has 20 heavy (non-hydrogen) atoms. The third-order valence-corrected chi connectivity index (χ3v) is 4.21. The van der Waals surface area contributed by atoms with Gasteiger partial charge in [-0.15, -0.1) is 0 Å². The van der Waals surface area contributed by atoms with E-state index in [0.29, 0.717) is 11.9 Å². The lowest BCUT2D eigenvalue weighted by Crippen LogP contribution is -2.23. The average molecular weight is 273 g/mol. The Morgan fingerprint density at radius 1 is 1.35 bits per heavy atom. The lowest BCUT2D eigenvalue weighted by atomic mass is 10.1. The Morgan fingerprint density at radius 3 is 3.10 bits per heavy atom. The minimum Gasteiger partial charge on any atom is -0.381 e. The molecule has 1 aromatic rings. The quantitative estimate of drug-likeness (QED) is 0.654. The smallest absolute Gasteiger partial charge is 0.193 e. The van der Waals surface area contributed by atoms with Gasteiger partial charge in [-0.2, -0.15) is 0 Å². The van der Waals surface area contributed by atoms with Crippen LogP contribution in [0.2, 0.25) is 0 Å². The molecule has 0 saturated carbocycles. The SMILES string of the molecule is NC(=NCCC1CCOC1)Nc1ccc2c(c1)CCC2. The van der Waals surface area contributed by atoms with E-state index >= 15 is 0 Å². The first-order valence-corrected chi connectivity index (χ1v) is 7.58. The summed E-state index contributed by atoms with van der Waals surface area (Å²) in [6, 6.07) is 6.50. The Morgan fingerprint density at radius 2 is 2.25 bits per heavy atom. The van der Waals surface area contributed by atoms with E-state index in [4.69, 9.17) is 10.5 Å². The van der Waals surface area contributed by atoms with E-state index in [1.54, 1.807) is 0 Å². The van der Waals surface area contributed by atoms with Crippen LogP contribution in [0.4, 0.5) is 5.69 Å². The summed E-state index contributed by atoms with van der Waals surface area (Å²) in [5.41, 5.74) is 9.92. The monoisotopic (exact) mass is 273 g/mol. The minimum absolute atomic E-state index is 0.516. The van der Waals surface area contributed by atoms with Gasteiger partial charge < -0.3 is 15.8 Å². The van der Waals surface area contributed by atoms with Gasteiger partial charge in [-0.05, 0) is 61.3 Å². The summed E-state index contributed by atoms with van der Waals surface area (Å²) in [7, 11) is 0. The van der Waals surface area contributed by atoms with Gasteiger partial charge in [0.15, 0.2) is 5.96 Å². The van der Waals surface area contributed by atoms with E-state index in [0.717, 1.165) is 38.3 Å². The highest BCUT2D eigenvalue weighted by molar-refractivity contribution is 5.92. The largest absolute Gasteiger partial charge is 0.381 e. The molecule has 3 rings (SSSR count). The zero-order valence-electron chi connectivity index (χ0n) is 11.9. The second kappa shape index (κ2) is 6.27. The highest BCUT2D eigenvalue weighted by Gasteiger charge is 2.14. The number of aliphatic imine (C=N–C) groups is 1. The molecule has 4 nitrogen and oxygen atoms in total. The van der Waals surface area contributed by atoms with Crippen molar-refractivity contribution in [3.8, 4) is 0 Å². The van der Waals surface area contributed by atoms with Crippen molar-refractivity contribution in [1.29, 1.82) is 0 Å². The summed E-state index contributed by atoms with van der Waals surface area (Å²) < 4.78 is 5.36. The number of rotatable bonds is 4. The summed E-state index contributed by atoms with van der Waals surface area (Å²) >= 11 is 0. The number of nitrogens with two attached hydrogens (primary N) is 1. The standard InChI is InChI=1S/C16H23N3O/c17-16(18-8-6-12-7-9-20-11-12)19-15-5-4-13-2-1-3-14(13)10-15/h4-5,10,12H,1-3,6-9,11H2,(H3,17,18,19). The van der Waals surface area contributed by atoms with Gasteiger partial charge in [0, 0.05) is 25.4 Å². The molecule has 0 spiro atoms. The van der Waals surface area contributed by atoms with Crippen molar-refractivity contribution in [2.75, 3.05) is 25.1 Å². The predicted octanol–water partition coefficient (Wildman–Crippen LogP) is 2.33. The van der Waals surface area contributed by atoms with Crippen LogP contribution in [0.3, 0.4) is 0 Å². The molecule has 0 amide bonds. The number of nitrogens with zero attached hydrogens (tertiary/aromatic N) is 1. The summed E-state index contributed by atoms with van der Waals surface area (Å²) in [5.74, 6) is 1.17. The molecule has 3 N–H and O–H groups in total. The molecule has 108 valence electrons. The molecule has 1 saturated heterocycles. The van der Waals surface area contributed by atoms with Crippen LogP contribution in [-0.2, 0) is 17.6 Å². The summed E-state index contributed by atoms with van der Waals surface area (Å²) in [4.78, 5) is 4.40. The zero-order chi connectivity index (χ0) is 13.8. The second-order valence-corrected chi connectivity index (χ2v) is 5.75. The minimum atomic E-state index is 0.516. The number of nitrogens with one attached hydrogen (secondary N) is 1. The number of anilines is 1. The van der Waals surface area contributed by atoms with E-state index in [-0.39, 0.29) is 0 Å². The number of aryl methyl sites for hydroxylation is 2. The lowest BCUT2D eigenvalue weighted by molar-refractivity contribution is 0.184. The fourth-order valence-electron chi connectivity index (χ4n) is 3.02. The zero-order valence-corrected chi connectivity index (χ0v) is 11.9. The number of benzene rings is 1. The van der Waals surface area contributed by atoms with Crippen LogP contribution in [-0.4, -0.2) is 25.7 Å². The molecule has 1 heterocycles. The molecule has 4 heteroatoms. The van der Waals surface area contributed by atoms with Crippen molar-refractivity contribution in [2.24, 2.45) is 16.6 Å². The van der Waals surface area contributed by atoms with Gasteiger partial charge in [-0.25, -0.2) is 0 Å². The fraction of sp³-hybridized carbons (Fsp3) is 0.562. The normalized spacial score (nSPS) is 22.0. The number of ether oxygens (including phenoxy) is 1. The maximum Gasteiger partial charge on any atom is 0.193 e. The fourth-order valence-corrected chi connectivity index (χ4v) is 3.02. The number of fused-ring (bicyclic) bond motifs is 1. The highest BCUT2D eigenvalue weighted by Crippen LogP contribution is 2.24. The topological polar surface area (TPSA) is 59.6 Å². The molecular weight excluding hydrogens is 250 g/mol. The van der Waals surface area contributed by atoms with E-state index in [9.17, 15) is 0 Å². The van der Waals surface area contributed by atoms with Gasteiger partial charge in [-0.1, -0.05) is 6.07 Å². The Balaban J connectivity index is 1.51. The first kappa shape index (κ1) is 13.4. The first-order chi connectivity index (χ1) is 9.81. The Bertz CT molecular complexity index is 492. The summed E-state index contributed by atoms with van der Waals surface area (Å²) in [6.45, 7) is 2.56. The molecule has 0 aromatic heterocycles. The van der Waals surface area contributed by atoms with Crippen molar-refractivity contribution < 1.29 is 4.74 Å². The van der Waals surface area contributed by atoms with Gasteiger partial charge in [0.1, 0.15) is 0 Å². The molecule has 1 aliphatic carbocycles. The molecule has 0 radical (unpaired) electrons. The van der Waals surface area contributed by atoms with Crippen molar-refractivity contribution in [3.63, 3.8) is 0 Å². The molecule has 1 unspecified atom stereocenters. The summed E-state index contributed by atoms with van der Waals surface area (Å²) in [6.07, 6.45) is 5.89. The van der Waals surface area contributed by atoms with Gasteiger partial charge >= 0.3 is 0 Å². The van der Waals surface area contributed by atoms with Crippen molar-refractivity contribution in [1.82, 2.24) is 0 Å². The lowest BCUT2D eigenvalue weighted by Gasteiger charge is -2.09. The van der Waals surface area contributed by atoms with Gasteiger partial charge in [0.2, 0.25) is 0 Å². The Hall–Kier alpha value is -1.55. The van der Waals surface area contributed by atoms with Crippen LogP contribution in [0.25, 0.3) is 0 Å². The van der Waals surface area contributed by atoms with Gasteiger partial charge in [0.05, 0.1) is 0 Å². The van der Waals surface area contributed by atoms with Crippen LogP contribution < -0.4 is 11.1 Å². The average Bonchev–Trinajstić information content (AvgIpc) is 3.08. The molecule has 1 fully saturated rings. The molecule has 2 aliphatic rings. The van der Waals surface area contributed by atoms with E-state index in [2.05, 4.69) is 28.5 Å². The third-order valence-electron chi connectivity index (χ3n) is 4.21. The molecular formula is C16H23N3O. The van der Waals surface area contributed by atoms with Gasteiger partial charge in [-0.3, -0.25) is 4.99 Å². The maximum absolute atomic E-state index is 5.94. The number of hydrogen-bond donors (Lipinski definition) is 2. The van der Waals surface area contributed by atoms with Crippen LogP contribution >= 0.6 is 0 Å². The summed E-state index contributed by atoms with van der Waals surface area (Å²) in [5, 5.41) is 3.19. The van der Waals surface area contributed by atoms with Crippen molar-refractivity contribution in [2.45, 2.75) is 32.1 Å². The number of guanidine groups is 1. The van der Waals surface area contributed by atoms with Crippen LogP contribution in [0.1, 0.15) is 30.4 Å². The first-order valence-electron chi connectivity index (χ1n) is 7.58. The predicted molar refractivity (Wildman–Crippen MR) is 82.1 cm³/mol. The Kier molecular flexibility index (Phi) is 4.21. The Labute approximate surface area is 120 Å². The van der Waals surface area contributed by atoms with Gasteiger partial charge in [0.25, 0.3) is 0 Å². The van der Waals surface area contributed by atoms with Crippen LogP contribution in [0.15, 0.2) is 23.2 Å². The van der Waals surface area contributed by atoms with E-state index in [1.165, 1.54) is 30.4 Å². The molecule has 1 aliphatic heterocycles. The van der Waals surface area contributed by atoms with Crippen LogP contribution in [0, 0.1) is 5.92 Å². The maximum atomic E-state index is 5.94. The van der Waals surface area contributed by atoms with Crippen LogP contribution in [0.5, 0.6) is 0 Å². The molecule has 1 aromatic carbocycles. The van der Waals surface area contributed by atoms with Crippen molar-refractivity contribution in [3.05, 3.63) is 29.3 Å². The van der Waals surface area contributed by atoms with E-state index < -0.39 is 0 Å². The van der Waals surface area contributed by atoms with E-state index in [1.807, 2.05) is 0 Å². The highest BCUT2D eigenvalue weighted by atomic mass is 16.5. The molecule has 1 atom stereocenters. The second-order valence-electron chi connectivity index (χ2n) is 5.75. The third kappa shape index (κ3) is 3.31. The number of hydrogen-bond acceptors (Lipinski definition) is 2. The molecule has 0 bridgehead atoms. The van der Waals surface area contributed by atoms with Crippen molar-refractivity contribution >= 4 is 11.6 Å².